The van der Waals surface area contributed by atoms with Crippen LogP contribution in [0.25, 0.3) is 0 Å². The number of fused-ring (bicyclic) bond motifs is 5. The smallest absolute Gasteiger partial charge is 0.306 e. The molecule has 0 aromatic rings. The summed E-state index contributed by atoms with van der Waals surface area (Å²) in [6, 6.07) is 0. The van der Waals surface area contributed by atoms with Crippen LogP contribution in [0, 0.1) is 29.1 Å². The van der Waals surface area contributed by atoms with E-state index in [0.29, 0.717) is 17.6 Å². The van der Waals surface area contributed by atoms with E-state index in [-0.39, 0.29) is 19.4 Å². The molecule has 0 unspecified atom stereocenters. The van der Waals surface area contributed by atoms with Crippen molar-refractivity contribution in [1.29, 1.82) is 0 Å². The van der Waals surface area contributed by atoms with Gasteiger partial charge in [0.2, 0.25) is 0 Å². The van der Waals surface area contributed by atoms with E-state index in [2.05, 4.69) is 67.7 Å². The van der Waals surface area contributed by atoms with E-state index < -0.39 is 63.7 Å². The zero-order valence-electron chi connectivity index (χ0n) is 28.9. The summed E-state index contributed by atoms with van der Waals surface area (Å²) in [7, 11) is 0. The van der Waals surface area contributed by atoms with Crippen LogP contribution in [0.3, 0.4) is 0 Å². The average molecular weight is 649 g/mol. The molecule has 7 nitrogen and oxygen atoms in total. The highest BCUT2D eigenvalue weighted by molar-refractivity contribution is 6.04. The molecule has 0 aliphatic heterocycles. The highest BCUT2D eigenvalue weighted by atomic mass is 16.6. The van der Waals surface area contributed by atoms with Gasteiger partial charge < -0.3 is 25.2 Å². The average Bonchev–Trinajstić information content (AvgIpc) is 3.47. The maximum Gasteiger partial charge on any atom is 0.306 e. The molecule has 8 atom stereocenters. The number of carbonyl (C=O) groups is 2. The number of ether oxygens (including phenoxy) is 1. The molecule has 4 aliphatic carbocycles. The SMILES string of the molecule is CC/C=C/C/C=C/C/C=C/C/C=C/C/C=C/CCCC(=O)O[C@@]12[C@H](O)[C@@H](C)[C@@]3(O)[C@@H](C=C(CO)C[C@]4(O)C(=O)C(C)=C[C@@H]34)[C@@H]1C2(C)C. The Kier molecular flexibility index (Phi) is 11.9. The van der Waals surface area contributed by atoms with Crippen LogP contribution in [0.4, 0.5) is 0 Å². The summed E-state index contributed by atoms with van der Waals surface area (Å²) in [6.07, 6.45) is 29.8. The lowest BCUT2D eigenvalue weighted by Crippen LogP contribution is -2.65. The fourth-order valence-electron chi connectivity index (χ4n) is 8.64. The quantitative estimate of drug-likeness (QED) is 0.0920. The first-order valence-electron chi connectivity index (χ1n) is 17.5. The number of unbranched alkanes of at least 4 members (excludes halogenated alkanes) is 1. The lowest BCUT2D eigenvalue weighted by molar-refractivity contribution is -0.219. The molecule has 2 saturated carbocycles. The minimum absolute atomic E-state index is 0.0990. The van der Waals surface area contributed by atoms with Crippen LogP contribution in [-0.4, -0.2) is 61.7 Å². The molecule has 2 fully saturated rings. The van der Waals surface area contributed by atoms with Gasteiger partial charge in [-0.05, 0) is 63.0 Å². The van der Waals surface area contributed by atoms with Crippen LogP contribution < -0.4 is 0 Å². The van der Waals surface area contributed by atoms with Crippen LogP contribution >= 0.6 is 0 Å². The van der Waals surface area contributed by atoms with Crippen molar-refractivity contribution in [1.82, 2.24) is 0 Å². The third kappa shape index (κ3) is 6.87. The summed E-state index contributed by atoms with van der Waals surface area (Å²) in [4.78, 5) is 26.3. The number of allylic oxidation sites excluding steroid dienone is 10. The lowest BCUT2D eigenvalue weighted by Gasteiger charge is -2.52. The van der Waals surface area contributed by atoms with Crippen molar-refractivity contribution < 1.29 is 34.8 Å². The standard InChI is InChI=1S/C40H56O7/c1-6-7-8-9-10-11-12-13-14-15-16-17-18-19-20-21-22-23-33(42)47-40-34(37(40,4)5)31-25-30(27-41)26-38(45)32(24-28(2)35(38)43)39(31,46)29(3)36(40)44/h7-8,10-11,13-14,16-17,19-20,24-25,29,31-32,34,36,41,44-46H,6,9,12,15,18,21-23,26-27H2,1-5H3/b8-7+,11-10+,14-13+,17-16+,20-19+/t29-,31+,32-,34-,36-,38-,39-,40-/m1/s1. The number of carbonyl (C=O) groups excluding carboxylic acids is 2. The van der Waals surface area contributed by atoms with Gasteiger partial charge in [0.25, 0.3) is 0 Å². The molecule has 0 bridgehead atoms. The highest BCUT2D eigenvalue weighted by Crippen LogP contribution is 2.76. The molecule has 0 radical (unpaired) electrons. The Balaban J connectivity index is 1.30. The highest BCUT2D eigenvalue weighted by Gasteiger charge is 2.86. The Bertz CT molecular complexity index is 1360. The number of aliphatic hydroxyl groups excluding tert-OH is 2. The summed E-state index contributed by atoms with van der Waals surface area (Å²) in [5.74, 6) is -3.78. The summed E-state index contributed by atoms with van der Waals surface area (Å²) >= 11 is 0. The number of rotatable bonds is 15. The Labute approximate surface area is 281 Å². The molecule has 0 aromatic heterocycles. The summed E-state index contributed by atoms with van der Waals surface area (Å²) in [5.41, 5.74) is -4.69. The van der Waals surface area contributed by atoms with Crippen molar-refractivity contribution >= 4 is 11.8 Å². The largest absolute Gasteiger partial charge is 0.455 e. The van der Waals surface area contributed by atoms with Crippen molar-refractivity contribution in [2.75, 3.05) is 6.61 Å². The van der Waals surface area contributed by atoms with Crippen molar-refractivity contribution in [2.45, 2.75) is 115 Å². The molecule has 0 heterocycles. The Hall–Kier alpha value is -2.84. The number of ketones is 1. The van der Waals surface area contributed by atoms with Gasteiger partial charge in [0.15, 0.2) is 5.78 Å². The summed E-state index contributed by atoms with van der Waals surface area (Å²) in [6.45, 7) is 8.92. The van der Waals surface area contributed by atoms with Gasteiger partial charge in [0.05, 0.1) is 18.3 Å². The Morgan fingerprint density at radius 1 is 0.936 bits per heavy atom. The van der Waals surface area contributed by atoms with E-state index in [0.717, 1.165) is 38.5 Å². The van der Waals surface area contributed by atoms with Crippen LogP contribution in [0.1, 0.15) is 92.4 Å². The van der Waals surface area contributed by atoms with Crippen LogP contribution in [0.15, 0.2) is 84.1 Å². The maximum absolute atomic E-state index is 13.2. The van der Waals surface area contributed by atoms with Gasteiger partial charge in [-0.15, -0.1) is 0 Å². The number of aliphatic hydroxyl groups is 4. The second-order valence-corrected chi connectivity index (χ2v) is 14.5. The van der Waals surface area contributed by atoms with Crippen molar-refractivity contribution in [3.05, 3.63) is 84.1 Å². The minimum atomic E-state index is -1.91. The molecule has 4 aliphatic rings. The van der Waals surface area contributed by atoms with Crippen molar-refractivity contribution in [3.8, 4) is 0 Å². The molecule has 4 rings (SSSR count). The molecule has 0 amide bonds. The van der Waals surface area contributed by atoms with Crippen molar-refractivity contribution in [2.24, 2.45) is 29.1 Å². The Morgan fingerprint density at radius 2 is 1.49 bits per heavy atom. The summed E-state index contributed by atoms with van der Waals surface area (Å²) < 4.78 is 6.18. The van der Waals surface area contributed by atoms with Crippen molar-refractivity contribution in [3.63, 3.8) is 0 Å². The van der Waals surface area contributed by atoms with E-state index >= 15 is 0 Å². The predicted octanol–water partition coefficient (Wildman–Crippen LogP) is 6.40. The number of hydrogen-bond donors (Lipinski definition) is 4. The predicted molar refractivity (Wildman–Crippen MR) is 185 cm³/mol. The zero-order valence-corrected chi connectivity index (χ0v) is 28.9. The molecule has 258 valence electrons. The maximum atomic E-state index is 13.2. The molecule has 7 heteroatoms. The topological polar surface area (TPSA) is 124 Å². The molecule has 0 aromatic carbocycles. The van der Waals surface area contributed by atoms with Gasteiger partial charge in [-0.25, -0.2) is 0 Å². The van der Waals surface area contributed by atoms with Crippen LogP contribution in [-0.2, 0) is 14.3 Å². The molecule has 0 spiro atoms. The third-order valence-electron chi connectivity index (χ3n) is 11.2. The van der Waals surface area contributed by atoms with Crippen LogP contribution in [0.5, 0.6) is 0 Å². The monoisotopic (exact) mass is 648 g/mol. The molecular weight excluding hydrogens is 592 g/mol. The molecule has 4 N–H and O–H groups in total. The van der Waals surface area contributed by atoms with Gasteiger partial charge >= 0.3 is 5.97 Å². The van der Waals surface area contributed by atoms with E-state index in [1.165, 1.54) is 0 Å². The van der Waals surface area contributed by atoms with Gasteiger partial charge in [-0.1, -0.05) is 101 Å². The zero-order chi connectivity index (χ0) is 34.5. The second-order valence-electron chi connectivity index (χ2n) is 14.5. The lowest BCUT2D eigenvalue weighted by atomic mass is 9.59. The molecule has 0 saturated heterocycles. The van der Waals surface area contributed by atoms with E-state index in [1.807, 2.05) is 13.8 Å². The fourth-order valence-corrected chi connectivity index (χ4v) is 8.64. The fraction of sp³-hybridized carbons (Fsp3) is 0.600. The van der Waals surface area contributed by atoms with E-state index in [4.69, 9.17) is 4.74 Å². The number of esters is 1. The number of hydrogen-bond acceptors (Lipinski definition) is 7. The summed E-state index contributed by atoms with van der Waals surface area (Å²) in [5, 5.41) is 46.0. The van der Waals surface area contributed by atoms with Gasteiger partial charge in [0.1, 0.15) is 11.2 Å². The molecular formula is C40H56O7. The van der Waals surface area contributed by atoms with Gasteiger partial charge in [-0.2, -0.15) is 0 Å². The molecule has 47 heavy (non-hydrogen) atoms. The Morgan fingerprint density at radius 3 is 2.04 bits per heavy atom. The first-order chi connectivity index (χ1) is 22.3. The van der Waals surface area contributed by atoms with E-state index in [9.17, 15) is 30.0 Å². The first kappa shape index (κ1) is 37.0. The number of Topliss-reactive ketones (excluding diaryl/α,β-unsaturated/α-hetero) is 1. The van der Waals surface area contributed by atoms with Gasteiger partial charge in [0, 0.05) is 41.9 Å². The van der Waals surface area contributed by atoms with E-state index in [1.54, 1.807) is 26.0 Å². The first-order valence-corrected chi connectivity index (χ1v) is 17.5. The van der Waals surface area contributed by atoms with Gasteiger partial charge in [-0.3, -0.25) is 9.59 Å². The van der Waals surface area contributed by atoms with Crippen LogP contribution in [0.2, 0.25) is 0 Å². The second kappa shape index (κ2) is 15.1. The minimum Gasteiger partial charge on any atom is -0.455 e. The normalized spacial score (nSPS) is 36.2. The third-order valence-corrected chi connectivity index (χ3v) is 11.2.